The first-order valence-corrected chi connectivity index (χ1v) is 12.0. The minimum atomic E-state index is -0.646. The molecule has 4 rings (SSSR count). The molecule has 2 heterocycles. The normalized spacial score (nSPS) is 10.8. The van der Waals surface area contributed by atoms with E-state index in [9.17, 15) is 14.4 Å². The van der Waals surface area contributed by atoms with Crippen LogP contribution in [0, 0.1) is 0 Å². The Morgan fingerprint density at radius 3 is 2.47 bits per heavy atom. The van der Waals surface area contributed by atoms with Gasteiger partial charge in [0.1, 0.15) is 10.8 Å². The molecule has 0 aliphatic heterocycles. The van der Waals surface area contributed by atoms with Gasteiger partial charge in [0.25, 0.3) is 5.56 Å². The van der Waals surface area contributed by atoms with Crippen LogP contribution in [-0.4, -0.2) is 35.4 Å². The van der Waals surface area contributed by atoms with Crippen LogP contribution in [0.5, 0.6) is 5.75 Å². The van der Waals surface area contributed by atoms with E-state index >= 15 is 0 Å². The number of aromatic nitrogens is 2. The quantitative estimate of drug-likeness (QED) is 0.344. The second-order valence-corrected chi connectivity index (χ2v) is 8.98. The van der Waals surface area contributed by atoms with E-state index in [-0.39, 0.29) is 30.0 Å². The number of carbonyl (C=O) groups excluding carboxylic acids is 2. The molecular weight excluding hydrogens is 522 g/mol. The summed E-state index contributed by atoms with van der Waals surface area (Å²) in [6.45, 7) is 1.85. The minimum absolute atomic E-state index is 0.00581. The smallest absolute Gasteiger partial charge is 0.359 e. The molecule has 174 valence electrons. The SMILES string of the molecule is CCOC(=O)c1nn(-c2ccc(Br)cc2)c(=O)c2c(NC(=O)Cc3ccc(OC)cc3)scc12. The molecule has 0 radical (unpaired) electrons. The van der Waals surface area contributed by atoms with Crippen molar-refractivity contribution < 1.29 is 19.1 Å². The van der Waals surface area contributed by atoms with Crippen molar-refractivity contribution in [1.29, 1.82) is 0 Å². The molecule has 10 heteroatoms. The maximum absolute atomic E-state index is 13.4. The van der Waals surface area contributed by atoms with E-state index in [1.807, 2.05) is 0 Å². The Morgan fingerprint density at radius 2 is 1.82 bits per heavy atom. The number of hydrogen-bond acceptors (Lipinski definition) is 7. The summed E-state index contributed by atoms with van der Waals surface area (Å²) in [5, 5.41) is 9.62. The van der Waals surface area contributed by atoms with Crippen LogP contribution in [0.2, 0.25) is 0 Å². The molecule has 0 unspecified atom stereocenters. The number of nitrogens with zero attached hydrogens (tertiary/aromatic N) is 2. The zero-order valence-electron chi connectivity index (χ0n) is 18.3. The number of benzene rings is 2. The van der Waals surface area contributed by atoms with Gasteiger partial charge >= 0.3 is 5.97 Å². The molecule has 0 saturated carbocycles. The number of amides is 1. The second-order valence-electron chi connectivity index (χ2n) is 7.19. The number of carbonyl (C=O) groups is 2. The largest absolute Gasteiger partial charge is 0.497 e. The number of ether oxygens (including phenoxy) is 2. The van der Waals surface area contributed by atoms with Gasteiger partial charge in [-0.25, -0.2) is 4.79 Å². The molecule has 2 aromatic carbocycles. The van der Waals surface area contributed by atoms with Gasteiger partial charge in [0.2, 0.25) is 5.91 Å². The first-order chi connectivity index (χ1) is 16.4. The summed E-state index contributed by atoms with van der Waals surface area (Å²) < 4.78 is 12.3. The molecule has 4 aromatic rings. The molecule has 34 heavy (non-hydrogen) atoms. The van der Waals surface area contributed by atoms with Gasteiger partial charge < -0.3 is 14.8 Å². The predicted molar refractivity (Wildman–Crippen MR) is 134 cm³/mol. The molecule has 0 bridgehead atoms. The fourth-order valence-corrected chi connectivity index (χ4v) is 4.57. The van der Waals surface area contributed by atoms with Crippen LogP contribution in [0.4, 0.5) is 5.00 Å². The number of halogens is 1. The summed E-state index contributed by atoms with van der Waals surface area (Å²) in [5.74, 6) is -0.244. The third-order valence-electron chi connectivity index (χ3n) is 4.97. The molecular formula is C24H20BrN3O5S. The van der Waals surface area contributed by atoms with Gasteiger partial charge in [-0.05, 0) is 48.9 Å². The van der Waals surface area contributed by atoms with E-state index < -0.39 is 11.5 Å². The Balaban J connectivity index is 1.75. The van der Waals surface area contributed by atoms with Crippen LogP contribution < -0.4 is 15.6 Å². The van der Waals surface area contributed by atoms with Crippen molar-refractivity contribution in [1.82, 2.24) is 9.78 Å². The van der Waals surface area contributed by atoms with Gasteiger partial charge in [-0.15, -0.1) is 11.3 Å². The zero-order chi connectivity index (χ0) is 24.2. The van der Waals surface area contributed by atoms with Crippen LogP contribution in [0.15, 0.2) is 63.2 Å². The van der Waals surface area contributed by atoms with Crippen molar-refractivity contribution in [2.45, 2.75) is 13.3 Å². The molecule has 0 aliphatic carbocycles. The fourth-order valence-electron chi connectivity index (χ4n) is 3.35. The van der Waals surface area contributed by atoms with Crippen LogP contribution in [0.1, 0.15) is 23.0 Å². The lowest BCUT2D eigenvalue weighted by atomic mass is 10.1. The summed E-state index contributed by atoms with van der Waals surface area (Å²) in [4.78, 5) is 38.8. The Hall–Kier alpha value is -3.50. The number of hydrogen-bond donors (Lipinski definition) is 1. The summed E-state index contributed by atoms with van der Waals surface area (Å²) in [6, 6.07) is 14.1. The lowest BCUT2D eigenvalue weighted by Gasteiger charge is -2.10. The highest BCUT2D eigenvalue weighted by Crippen LogP contribution is 2.31. The average molecular weight is 542 g/mol. The van der Waals surface area contributed by atoms with E-state index in [1.165, 1.54) is 0 Å². The van der Waals surface area contributed by atoms with Crippen molar-refractivity contribution in [3.63, 3.8) is 0 Å². The average Bonchev–Trinajstić information content (AvgIpc) is 3.24. The van der Waals surface area contributed by atoms with E-state index in [2.05, 4.69) is 26.3 Å². The van der Waals surface area contributed by atoms with Gasteiger partial charge in [0.05, 0.1) is 31.2 Å². The molecule has 1 N–H and O–H groups in total. The van der Waals surface area contributed by atoms with Gasteiger partial charge in [0.15, 0.2) is 5.69 Å². The fraction of sp³-hybridized carbons (Fsp3) is 0.167. The Labute approximate surface area is 207 Å². The Morgan fingerprint density at radius 1 is 1.12 bits per heavy atom. The summed E-state index contributed by atoms with van der Waals surface area (Å²) in [5.41, 5.74) is 0.820. The van der Waals surface area contributed by atoms with E-state index in [1.54, 1.807) is 67.9 Å². The Kier molecular flexibility index (Phi) is 7.09. The van der Waals surface area contributed by atoms with Crippen molar-refractivity contribution in [3.05, 3.63) is 80.0 Å². The van der Waals surface area contributed by atoms with Crippen LogP contribution in [0.25, 0.3) is 16.5 Å². The van der Waals surface area contributed by atoms with Crippen molar-refractivity contribution in [2.75, 3.05) is 19.0 Å². The number of rotatable bonds is 7. The minimum Gasteiger partial charge on any atom is -0.497 e. The first-order valence-electron chi connectivity index (χ1n) is 10.3. The standard InChI is InChI=1S/C24H20BrN3O5S/c1-3-33-24(31)21-18-13-34-22(26-19(29)12-14-4-10-17(32-2)11-5-14)20(18)23(30)28(27-21)16-8-6-15(25)7-9-16/h4-11,13H,3,12H2,1-2H3,(H,26,29). The summed E-state index contributed by atoms with van der Waals surface area (Å²) in [6.07, 6.45) is 0.111. The number of nitrogens with one attached hydrogen (secondary N) is 1. The van der Waals surface area contributed by atoms with Crippen molar-refractivity contribution in [3.8, 4) is 11.4 Å². The highest BCUT2D eigenvalue weighted by atomic mass is 79.9. The van der Waals surface area contributed by atoms with E-state index in [0.717, 1.165) is 26.1 Å². The lowest BCUT2D eigenvalue weighted by molar-refractivity contribution is -0.115. The van der Waals surface area contributed by atoms with Crippen molar-refractivity contribution >= 4 is 54.9 Å². The molecule has 0 atom stereocenters. The maximum Gasteiger partial charge on any atom is 0.359 e. The first kappa shape index (κ1) is 23.7. The van der Waals surface area contributed by atoms with Gasteiger partial charge in [-0.2, -0.15) is 9.78 Å². The number of methoxy groups -OCH3 is 1. The highest BCUT2D eigenvalue weighted by Gasteiger charge is 2.23. The van der Waals surface area contributed by atoms with Gasteiger partial charge in [-0.1, -0.05) is 28.1 Å². The summed E-state index contributed by atoms with van der Waals surface area (Å²) >= 11 is 4.52. The molecule has 8 nitrogen and oxygen atoms in total. The molecule has 0 saturated heterocycles. The van der Waals surface area contributed by atoms with Crippen LogP contribution in [-0.2, 0) is 16.0 Å². The topological polar surface area (TPSA) is 99.5 Å². The number of anilines is 1. The monoisotopic (exact) mass is 541 g/mol. The zero-order valence-corrected chi connectivity index (χ0v) is 20.7. The molecule has 0 fully saturated rings. The number of fused-ring (bicyclic) bond motifs is 1. The summed E-state index contributed by atoms with van der Waals surface area (Å²) in [7, 11) is 1.57. The lowest BCUT2D eigenvalue weighted by Crippen LogP contribution is -2.25. The molecule has 2 aromatic heterocycles. The maximum atomic E-state index is 13.4. The molecule has 1 amide bonds. The molecule has 0 spiro atoms. The molecule has 0 aliphatic rings. The Bertz CT molecular complexity index is 1410. The number of esters is 1. The van der Waals surface area contributed by atoms with Crippen molar-refractivity contribution in [2.24, 2.45) is 0 Å². The van der Waals surface area contributed by atoms with Crippen LogP contribution in [0.3, 0.4) is 0 Å². The number of thiophene rings is 1. The van der Waals surface area contributed by atoms with Gasteiger partial charge in [0, 0.05) is 15.2 Å². The van der Waals surface area contributed by atoms with Crippen LogP contribution >= 0.6 is 27.3 Å². The van der Waals surface area contributed by atoms with E-state index in [0.29, 0.717) is 21.8 Å². The third-order valence-corrected chi connectivity index (χ3v) is 6.39. The predicted octanol–water partition coefficient (Wildman–Crippen LogP) is 4.58. The second kappa shape index (κ2) is 10.2. The highest BCUT2D eigenvalue weighted by molar-refractivity contribution is 9.10. The third kappa shape index (κ3) is 4.87. The van der Waals surface area contributed by atoms with E-state index in [4.69, 9.17) is 9.47 Å². The van der Waals surface area contributed by atoms with Gasteiger partial charge in [-0.3, -0.25) is 9.59 Å².